The SMILES string of the molecule is Cc1ccc(N2C(=O)[C@@H]3[C@@H](C2=O)[C@@H](C(=O)n2nnc4ccccc42)N2c4ccccc4C=C[C@H]32)cc1. The summed E-state index contributed by atoms with van der Waals surface area (Å²) in [5.74, 6) is -2.57. The quantitative estimate of drug-likeness (QED) is 0.413. The van der Waals surface area contributed by atoms with Crippen molar-refractivity contribution in [1.82, 2.24) is 15.0 Å². The fourth-order valence-corrected chi connectivity index (χ4v) is 5.90. The first kappa shape index (κ1) is 20.8. The van der Waals surface area contributed by atoms with Crippen LogP contribution in [0.5, 0.6) is 0 Å². The Morgan fingerprint density at radius 2 is 1.58 bits per heavy atom. The molecule has 7 rings (SSSR count). The van der Waals surface area contributed by atoms with Crippen LogP contribution < -0.4 is 9.80 Å². The van der Waals surface area contributed by atoms with E-state index in [2.05, 4.69) is 10.3 Å². The number of hydrogen-bond donors (Lipinski definition) is 0. The molecule has 8 nitrogen and oxygen atoms in total. The lowest BCUT2D eigenvalue weighted by molar-refractivity contribution is -0.122. The third kappa shape index (κ3) is 2.72. The molecule has 3 aliphatic rings. The Labute approximate surface area is 206 Å². The van der Waals surface area contributed by atoms with E-state index in [0.29, 0.717) is 16.7 Å². The van der Waals surface area contributed by atoms with Crippen molar-refractivity contribution < 1.29 is 14.4 Å². The van der Waals surface area contributed by atoms with Crippen LogP contribution in [0.1, 0.15) is 15.9 Å². The second-order valence-corrected chi connectivity index (χ2v) is 9.49. The van der Waals surface area contributed by atoms with Crippen molar-refractivity contribution in [2.24, 2.45) is 11.8 Å². The maximum absolute atomic E-state index is 14.2. The van der Waals surface area contributed by atoms with Gasteiger partial charge in [-0.25, -0.2) is 4.90 Å². The van der Waals surface area contributed by atoms with Gasteiger partial charge in [0, 0.05) is 5.69 Å². The fourth-order valence-electron chi connectivity index (χ4n) is 5.90. The van der Waals surface area contributed by atoms with Gasteiger partial charge in [0.2, 0.25) is 11.8 Å². The lowest BCUT2D eigenvalue weighted by Crippen LogP contribution is -2.50. The molecule has 2 saturated heterocycles. The minimum atomic E-state index is -0.914. The average Bonchev–Trinajstić information content (AvgIpc) is 3.56. The Balaban J connectivity index is 1.39. The van der Waals surface area contributed by atoms with Gasteiger partial charge in [0.15, 0.2) is 0 Å². The topological polar surface area (TPSA) is 88.4 Å². The van der Waals surface area contributed by atoms with E-state index in [-0.39, 0.29) is 17.7 Å². The lowest BCUT2D eigenvalue weighted by Gasteiger charge is -2.36. The van der Waals surface area contributed by atoms with E-state index in [0.717, 1.165) is 16.8 Å². The van der Waals surface area contributed by atoms with Crippen molar-refractivity contribution in [2.75, 3.05) is 9.80 Å². The zero-order valence-electron chi connectivity index (χ0n) is 19.4. The maximum atomic E-state index is 14.2. The number of imide groups is 1. The highest BCUT2D eigenvalue weighted by atomic mass is 16.2. The van der Waals surface area contributed by atoms with Crippen LogP contribution in [0.3, 0.4) is 0 Å². The number of rotatable bonds is 2. The van der Waals surface area contributed by atoms with Crippen LogP contribution in [0.4, 0.5) is 11.4 Å². The number of aromatic nitrogens is 3. The number of para-hydroxylation sites is 2. The van der Waals surface area contributed by atoms with Crippen LogP contribution in [0.25, 0.3) is 17.1 Å². The summed E-state index contributed by atoms with van der Waals surface area (Å²) in [6.07, 6.45) is 3.91. The summed E-state index contributed by atoms with van der Waals surface area (Å²) in [5.41, 5.74) is 4.47. The van der Waals surface area contributed by atoms with E-state index in [9.17, 15) is 14.4 Å². The predicted molar refractivity (Wildman–Crippen MR) is 134 cm³/mol. The van der Waals surface area contributed by atoms with Crippen LogP contribution in [0, 0.1) is 18.8 Å². The Hall–Kier alpha value is -4.59. The molecule has 4 heterocycles. The van der Waals surface area contributed by atoms with Crippen molar-refractivity contribution in [3.63, 3.8) is 0 Å². The molecule has 0 radical (unpaired) electrons. The maximum Gasteiger partial charge on any atom is 0.272 e. The van der Waals surface area contributed by atoms with Crippen molar-refractivity contribution >= 4 is 46.2 Å². The Kier molecular flexibility index (Phi) is 4.30. The molecule has 0 spiro atoms. The molecule has 36 heavy (non-hydrogen) atoms. The van der Waals surface area contributed by atoms with Gasteiger partial charge in [0.25, 0.3) is 5.91 Å². The van der Waals surface area contributed by atoms with E-state index < -0.39 is 23.9 Å². The molecule has 176 valence electrons. The van der Waals surface area contributed by atoms with Crippen LogP contribution in [-0.4, -0.2) is 44.8 Å². The first-order valence-electron chi connectivity index (χ1n) is 11.9. The number of benzene rings is 3. The summed E-state index contributed by atoms with van der Waals surface area (Å²) < 4.78 is 1.27. The molecular weight excluding hydrogens is 454 g/mol. The van der Waals surface area contributed by atoms with Crippen molar-refractivity contribution in [3.8, 4) is 0 Å². The van der Waals surface area contributed by atoms with E-state index in [1.165, 1.54) is 9.58 Å². The first-order chi connectivity index (χ1) is 17.5. The van der Waals surface area contributed by atoms with E-state index in [1.807, 2.05) is 72.5 Å². The molecule has 4 atom stereocenters. The summed E-state index contributed by atoms with van der Waals surface area (Å²) in [4.78, 5) is 45.1. The van der Waals surface area contributed by atoms with Crippen LogP contribution in [-0.2, 0) is 9.59 Å². The van der Waals surface area contributed by atoms with Crippen molar-refractivity contribution in [1.29, 1.82) is 0 Å². The third-order valence-corrected chi connectivity index (χ3v) is 7.52. The van der Waals surface area contributed by atoms with E-state index in [4.69, 9.17) is 0 Å². The zero-order chi connectivity index (χ0) is 24.6. The molecule has 3 aromatic carbocycles. The van der Waals surface area contributed by atoms with Gasteiger partial charge in [-0.1, -0.05) is 65.4 Å². The summed E-state index contributed by atoms with van der Waals surface area (Å²) in [6, 6.07) is 20.9. The van der Waals surface area contributed by atoms with Crippen molar-refractivity contribution in [2.45, 2.75) is 19.0 Å². The molecule has 1 aromatic heterocycles. The predicted octanol–water partition coefficient (Wildman–Crippen LogP) is 3.47. The first-order valence-corrected chi connectivity index (χ1v) is 11.9. The smallest absolute Gasteiger partial charge is 0.272 e. The minimum Gasteiger partial charge on any atom is -0.351 e. The van der Waals surface area contributed by atoms with Crippen LogP contribution in [0.15, 0.2) is 78.9 Å². The molecule has 2 fully saturated rings. The standard InChI is InChI=1S/C28H21N5O3/c1-16-10-13-18(14-11-16)31-26(34)23-22-15-12-17-6-2-4-8-20(17)32(22)25(24(23)27(31)35)28(36)33-21-9-5-3-7-19(21)29-30-33/h2-15,22-25H,1H3/t22-,23+,24-,25+/m1/s1. The Bertz CT molecular complexity index is 1600. The summed E-state index contributed by atoms with van der Waals surface area (Å²) in [7, 11) is 0. The number of hydrogen-bond acceptors (Lipinski definition) is 6. The van der Waals surface area contributed by atoms with Gasteiger partial charge < -0.3 is 4.90 Å². The summed E-state index contributed by atoms with van der Waals surface area (Å²) >= 11 is 0. The van der Waals surface area contributed by atoms with Crippen molar-refractivity contribution in [3.05, 3.63) is 90.0 Å². The molecule has 0 aliphatic carbocycles. The fraction of sp³-hybridized carbons (Fsp3) is 0.179. The molecule has 0 bridgehead atoms. The van der Waals surface area contributed by atoms with E-state index in [1.54, 1.807) is 24.3 Å². The Morgan fingerprint density at radius 3 is 2.42 bits per heavy atom. The lowest BCUT2D eigenvalue weighted by atomic mass is 9.88. The second kappa shape index (κ2) is 7.45. The molecule has 4 aromatic rings. The van der Waals surface area contributed by atoms with E-state index >= 15 is 0 Å². The molecule has 0 N–H and O–H groups in total. The number of carbonyl (C=O) groups excluding carboxylic acids is 3. The van der Waals surface area contributed by atoms with Gasteiger partial charge in [-0.3, -0.25) is 14.4 Å². The number of amides is 2. The highest BCUT2D eigenvalue weighted by Gasteiger charge is 2.64. The van der Waals surface area contributed by atoms with Gasteiger partial charge in [0.05, 0.1) is 29.1 Å². The highest BCUT2D eigenvalue weighted by molar-refractivity contribution is 6.25. The molecule has 0 saturated carbocycles. The van der Waals surface area contributed by atoms with Gasteiger partial charge in [0.1, 0.15) is 11.6 Å². The molecular formula is C28H21N5O3. The number of anilines is 2. The molecule has 0 unspecified atom stereocenters. The summed E-state index contributed by atoms with van der Waals surface area (Å²) in [5, 5.41) is 8.29. The molecule has 8 heteroatoms. The Morgan fingerprint density at radius 1 is 0.861 bits per heavy atom. The molecule has 3 aliphatic heterocycles. The van der Waals surface area contributed by atoms with Gasteiger partial charge in [-0.05, 0) is 42.8 Å². The number of fused-ring (bicyclic) bond motifs is 6. The number of carbonyl (C=O) groups is 3. The van der Waals surface area contributed by atoms with Crippen LogP contribution >= 0.6 is 0 Å². The third-order valence-electron chi connectivity index (χ3n) is 7.52. The number of aryl methyl sites for hydroxylation is 1. The van der Waals surface area contributed by atoms with Gasteiger partial charge in [-0.15, -0.1) is 5.10 Å². The normalized spacial score (nSPS) is 24.2. The number of nitrogens with zero attached hydrogens (tertiary/aromatic N) is 5. The van der Waals surface area contributed by atoms with Gasteiger partial charge >= 0.3 is 0 Å². The largest absolute Gasteiger partial charge is 0.351 e. The minimum absolute atomic E-state index is 0.286. The monoisotopic (exact) mass is 475 g/mol. The van der Waals surface area contributed by atoms with Gasteiger partial charge in [-0.2, -0.15) is 4.68 Å². The second-order valence-electron chi connectivity index (χ2n) is 9.49. The summed E-state index contributed by atoms with van der Waals surface area (Å²) in [6.45, 7) is 1.95. The molecule has 2 amide bonds. The average molecular weight is 476 g/mol. The van der Waals surface area contributed by atoms with Crippen LogP contribution in [0.2, 0.25) is 0 Å². The highest BCUT2D eigenvalue weighted by Crippen LogP contribution is 2.49. The zero-order valence-corrected chi connectivity index (χ0v) is 19.4.